The van der Waals surface area contributed by atoms with E-state index in [1.807, 2.05) is 0 Å². The van der Waals surface area contributed by atoms with Crippen LogP contribution < -0.4 is 10.6 Å². The zero-order valence-corrected chi connectivity index (χ0v) is 11.5. The summed E-state index contributed by atoms with van der Waals surface area (Å²) in [5.74, 6) is -1.40. The van der Waals surface area contributed by atoms with Gasteiger partial charge in [0.2, 0.25) is 0 Å². The number of phenols is 1. The zero-order valence-electron chi connectivity index (χ0n) is 11.5. The molecule has 0 heterocycles. The molecular weight excluding hydrogens is 273 g/mol. The second-order valence-corrected chi connectivity index (χ2v) is 4.72. The number of likely N-dealkylation sites (N-methyl/N-ethyl adjacent to an activating group) is 1. The second kappa shape index (κ2) is 5.32. The van der Waals surface area contributed by atoms with E-state index in [2.05, 4.69) is 0 Å². The molecule has 1 aromatic rings. The number of nitrogens with two attached hydrogens (primary N) is 1. The maximum absolute atomic E-state index is 12.9. The lowest BCUT2D eigenvalue weighted by Gasteiger charge is -2.33. The molecule has 0 spiro atoms. The molecule has 1 atom stereocenters. The van der Waals surface area contributed by atoms with Crippen LogP contribution in [0.1, 0.15) is 19.4 Å². The van der Waals surface area contributed by atoms with Gasteiger partial charge in [0, 0.05) is 12.6 Å². The van der Waals surface area contributed by atoms with Gasteiger partial charge in [-0.1, -0.05) is 6.07 Å². The Morgan fingerprint density at radius 3 is 2.40 bits per heavy atom. The molecule has 0 aliphatic carbocycles. The molecule has 1 aromatic carbocycles. The monoisotopic (exact) mass is 290 g/mol. The summed E-state index contributed by atoms with van der Waals surface area (Å²) in [6, 6.07) is 4.15. The van der Waals surface area contributed by atoms with E-state index in [1.165, 1.54) is 25.1 Å². The smallest absolute Gasteiger partial charge is 0.415 e. The van der Waals surface area contributed by atoms with Gasteiger partial charge in [-0.25, -0.2) is 0 Å². The SMILES string of the molecule is CCN(C(=O)C(C)(N)C(F)(F)F)c1cc(O)ccc1C. The third kappa shape index (κ3) is 2.87. The maximum atomic E-state index is 12.9. The first-order valence-corrected chi connectivity index (χ1v) is 5.99. The van der Waals surface area contributed by atoms with Crippen molar-refractivity contribution >= 4 is 11.6 Å². The normalized spacial score (nSPS) is 14.8. The largest absolute Gasteiger partial charge is 0.508 e. The third-order valence-corrected chi connectivity index (χ3v) is 3.08. The summed E-state index contributed by atoms with van der Waals surface area (Å²) in [6.45, 7) is 3.81. The Hall–Kier alpha value is -1.76. The molecule has 112 valence electrons. The molecule has 0 radical (unpaired) electrons. The summed E-state index contributed by atoms with van der Waals surface area (Å²) in [7, 11) is 0. The topological polar surface area (TPSA) is 66.6 Å². The minimum Gasteiger partial charge on any atom is -0.508 e. The van der Waals surface area contributed by atoms with Crippen LogP contribution in [0, 0.1) is 6.92 Å². The van der Waals surface area contributed by atoms with Crippen molar-refractivity contribution in [2.75, 3.05) is 11.4 Å². The highest BCUT2D eigenvalue weighted by Gasteiger charge is 2.55. The standard InChI is InChI=1S/C13H17F3N2O2/c1-4-18(10-7-9(19)6-5-8(10)2)11(20)12(3,17)13(14,15)16/h5-7,19H,4,17H2,1-3H3. The van der Waals surface area contributed by atoms with Crippen molar-refractivity contribution in [3.63, 3.8) is 0 Å². The summed E-state index contributed by atoms with van der Waals surface area (Å²) >= 11 is 0. The fourth-order valence-electron chi connectivity index (χ4n) is 1.71. The van der Waals surface area contributed by atoms with E-state index in [9.17, 15) is 23.1 Å². The molecule has 0 saturated heterocycles. The van der Waals surface area contributed by atoms with Crippen molar-refractivity contribution < 1.29 is 23.1 Å². The number of carbonyl (C=O) groups excluding carboxylic acids is 1. The fourth-order valence-corrected chi connectivity index (χ4v) is 1.71. The summed E-state index contributed by atoms with van der Waals surface area (Å²) in [4.78, 5) is 13.0. The highest BCUT2D eigenvalue weighted by atomic mass is 19.4. The van der Waals surface area contributed by atoms with Crippen LogP contribution in [0.4, 0.5) is 18.9 Å². The number of phenolic OH excluding ortho intramolecular Hbond substituents is 1. The van der Waals surface area contributed by atoms with Crippen molar-refractivity contribution in [2.45, 2.75) is 32.5 Å². The number of anilines is 1. The molecule has 1 unspecified atom stereocenters. The molecule has 0 bridgehead atoms. The number of aryl methyl sites for hydroxylation is 1. The Morgan fingerprint density at radius 1 is 1.40 bits per heavy atom. The predicted octanol–water partition coefficient (Wildman–Crippen LogP) is 2.33. The zero-order chi connectivity index (χ0) is 15.7. The molecule has 7 heteroatoms. The van der Waals surface area contributed by atoms with Crippen molar-refractivity contribution in [3.05, 3.63) is 23.8 Å². The summed E-state index contributed by atoms with van der Waals surface area (Å²) in [5.41, 5.74) is 2.95. The van der Waals surface area contributed by atoms with Crippen LogP contribution in [-0.4, -0.2) is 29.3 Å². The average molecular weight is 290 g/mol. The Labute approximate surface area is 115 Å². The van der Waals surface area contributed by atoms with Crippen LogP contribution in [0.5, 0.6) is 5.75 Å². The first kappa shape index (κ1) is 16.3. The highest BCUT2D eigenvalue weighted by molar-refractivity contribution is 6.01. The van der Waals surface area contributed by atoms with Crippen molar-refractivity contribution in [3.8, 4) is 5.75 Å². The summed E-state index contributed by atoms with van der Waals surface area (Å²) in [5, 5.41) is 9.43. The molecule has 3 N–H and O–H groups in total. The van der Waals surface area contributed by atoms with E-state index < -0.39 is 17.6 Å². The lowest BCUT2D eigenvalue weighted by molar-refractivity contribution is -0.185. The van der Waals surface area contributed by atoms with Gasteiger partial charge in [-0.3, -0.25) is 4.79 Å². The van der Waals surface area contributed by atoms with Gasteiger partial charge < -0.3 is 15.7 Å². The van der Waals surface area contributed by atoms with Gasteiger partial charge in [-0.15, -0.1) is 0 Å². The van der Waals surface area contributed by atoms with Crippen LogP contribution >= 0.6 is 0 Å². The van der Waals surface area contributed by atoms with Crippen LogP contribution in [0.15, 0.2) is 18.2 Å². The van der Waals surface area contributed by atoms with Crippen molar-refractivity contribution in [2.24, 2.45) is 5.73 Å². The van der Waals surface area contributed by atoms with Crippen LogP contribution in [0.2, 0.25) is 0 Å². The number of benzene rings is 1. The van der Waals surface area contributed by atoms with Gasteiger partial charge in [0.1, 0.15) is 5.75 Å². The first-order valence-electron chi connectivity index (χ1n) is 5.99. The number of alkyl halides is 3. The number of amides is 1. The first-order chi connectivity index (χ1) is 9.02. The van der Waals surface area contributed by atoms with E-state index in [0.29, 0.717) is 12.5 Å². The Bertz CT molecular complexity index is 513. The predicted molar refractivity (Wildman–Crippen MR) is 69.5 cm³/mol. The summed E-state index contributed by atoms with van der Waals surface area (Å²) < 4.78 is 38.6. The van der Waals surface area contributed by atoms with E-state index in [1.54, 1.807) is 6.92 Å². The number of carbonyl (C=O) groups is 1. The van der Waals surface area contributed by atoms with E-state index in [4.69, 9.17) is 5.73 Å². The molecule has 0 aliphatic rings. The lowest BCUT2D eigenvalue weighted by Crippen LogP contribution is -2.62. The molecular formula is C13H17F3N2O2. The molecule has 4 nitrogen and oxygen atoms in total. The molecule has 1 rings (SSSR count). The number of halogens is 3. The van der Waals surface area contributed by atoms with Crippen LogP contribution in [-0.2, 0) is 4.79 Å². The molecule has 1 amide bonds. The van der Waals surface area contributed by atoms with Gasteiger partial charge in [-0.2, -0.15) is 13.2 Å². The average Bonchev–Trinajstić information content (AvgIpc) is 2.32. The van der Waals surface area contributed by atoms with E-state index >= 15 is 0 Å². The fraction of sp³-hybridized carbons (Fsp3) is 0.462. The summed E-state index contributed by atoms with van der Waals surface area (Å²) in [6.07, 6.45) is -4.86. The molecule has 20 heavy (non-hydrogen) atoms. The molecule has 0 fully saturated rings. The molecule has 0 saturated carbocycles. The lowest BCUT2D eigenvalue weighted by atomic mass is 10.00. The Kier molecular flexibility index (Phi) is 4.33. The number of hydrogen-bond donors (Lipinski definition) is 2. The minimum absolute atomic E-state index is 0.00595. The van der Waals surface area contributed by atoms with Crippen molar-refractivity contribution in [1.82, 2.24) is 0 Å². The number of aromatic hydroxyl groups is 1. The van der Waals surface area contributed by atoms with Gasteiger partial charge in [-0.05, 0) is 32.4 Å². The van der Waals surface area contributed by atoms with Crippen molar-refractivity contribution in [1.29, 1.82) is 0 Å². The molecule has 0 aromatic heterocycles. The number of nitrogens with zero attached hydrogens (tertiary/aromatic N) is 1. The number of hydrogen-bond acceptors (Lipinski definition) is 3. The van der Waals surface area contributed by atoms with Gasteiger partial charge >= 0.3 is 6.18 Å². The third-order valence-electron chi connectivity index (χ3n) is 3.08. The van der Waals surface area contributed by atoms with Crippen LogP contribution in [0.25, 0.3) is 0 Å². The van der Waals surface area contributed by atoms with Gasteiger partial charge in [0.05, 0.1) is 5.69 Å². The highest BCUT2D eigenvalue weighted by Crippen LogP contribution is 2.33. The van der Waals surface area contributed by atoms with Gasteiger partial charge in [0.25, 0.3) is 5.91 Å². The van der Waals surface area contributed by atoms with E-state index in [0.717, 1.165) is 4.90 Å². The quantitative estimate of drug-likeness (QED) is 0.898. The Morgan fingerprint density at radius 2 is 1.95 bits per heavy atom. The number of rotatable bonds is 3. The second-order valence-electron chi connectivity index (χ2n) is 4.72. The minimum atomic E-state index is -4.86. The molecule has 0 aliphatic heterocycles. The van der Waals surface area contributed by atoms with E-state index in [-0.39, 0.29) is 18.0 Å². The van der Waals surface area contributed by atoms with Crippen LogP contribution in [0.3, 0.4) is 0 Å². The van der Waals surface area contributed by atoms with Gasteiger partial charge in [0.15, 0.2) is 5.54 Å². The maximum Gasteiger partial charge on any atom is 0.415 e. The Balaban J connectivity index is 3.27.